The van der Waals surface area contributed by atoms with Crippen LogP contribution in [0.5, 0.6) is 11.5 Å². The second-order valence-electron chi connectivity index (χ2n) is 8.28. The number of nitrogens with zero attached hydrogens (tertiary/aromatic N) is 1. The smallest absolute Gasteiger partial charge is 0.274 e. The highest BCUT2D eigenvalue weighted by atomic mass is 35.5. The summed E-state index contributed by atoms with van der Waals surface area (Å²) in [5.74, 6) is 1.23. The summed E-state index contributed by atoms with van der Waals surface area (Å²) in [5, 5.41) is 13.2. The second-order valence-corrected chi connectivity index (χ2v) is 8.58. The molecule has 6 heteroatoms. The second kappa shape index (κ2) is 8.40. The van der Waals surface area contributed by atoms with E-state index in [0.717, 1.165) is 51.5 Å². The molecule has 1 atom stereocenters. The first-order valence-corrected chi connectivity index (χ1v) is 11.5. The molecule has 0 bridgehead atoms. The number of H-pyrrole nitrogens is 1. The van der Waals surface area contributed by atoms with E-state index in [1.54, 1.807) is 11.0 Å². The van der Waals surface area contributed by atoms with Crippen molar-refractivity contribution in [1.29, 1.82) is 0 Å². The fourth-order valence-corrected chi connectivity index (χ4v) is 4.79. The fraction of sp³-hybridized carbons (Fsp3) is 0.269. The topological polar surface area (TPSA) is 65.6 Å². The van der Waals surface area contributed by atoms with Crippen LogP contribution in [0.15, 0.2) is 54.6 Å². The molecule has 32 heavy (non-hydrogen) atoms. The number of amides is 1. The number of aromatic amines is 1. The van der Waals surface area contributed by atoms with Gasteiger partial charge in [0.25, 0.3) is 5.91 Å². The van der Waals surface area contributed by atoms with Crippen molar-refractivity contribution in [2.75, 3.05) is 23.9 Å². The number of unbranched alkanes of at least 4 members (excludes halogenated alkanes) is 1. The van der Waals surface area contributed by atoms with Gasteiger partial charge in [0, 0.05) is 40.7 Å². The number of fused-ring (bicyclic) bond motifs is 4. The van der Waals surface area contributed by atoms with Crippen molar-refractivity contribution >= 4 is 44.9 Å². The summed E-state index contributed by atoms with van der Waals surface area (Å²) >= 11 is 6.30. The van der Waals surface area contributed by atoms with E-state index in [9.17, 15) is 9.90 Å². The SMILES string of the molecule is CCCCOc1ccc2[nH]c(C(=O)N3CC(CCl)c4c3cc(O)c3ccccc43)cc2c1. The number of hydrogen-bond donors (Lipinski definition) is 2. The van der Waals surface area contributed by atoms with E-state index in [4.69, 9.17) is 16.3 Å². The normalized spacial score (nSPS) is 15.4. The van der Waals surface area contributed by atoms with E-state index in [-0.39, 0.29) is 17.6 Å². The highest BCUT2D eigenvalue weighted by molar-refractivity contribution is 6.19. The summed E-state index contributed by atoms with van der Waals surface area (Å²) in [6.45, 7) is 3.29. The Morgan fingerprint density at radius 2 is 2.00 bits per heavy atom. The molecule has 0 fully saturated rings. The Kier molecular flexibility index (Phi) is 5.43. The first-order valence-electron chi connectivity index (χ1n) is 11.0. The van der Waals surface area contributed by atoms with E-state index < -0.39 is 0 Å². The predicted molar refractivity (Wildman–Crippen MR) is 129 cm³/mol. The lowest BCUT2D eigenvalue weighted by Crippen LogP contribution is -2.30. The van der Waals surface area contributed by atoms with Crippen LogP contribution in [0.1, 0.15) is 41.7 Å². The number of phenolic OH excluding ortho intramolecular Hbond substituents is 1. The molecule has 2 heterocycles. The van der Waals surface area contributed by atoms with Gasteiger partial charge in [-0.2, -0.15) is 0 Å². The van der Waals surface area contributed by atoms with E-state index in [1.807, 2.05) is 48.5 Å². The van der Waals surface area contributed by atoms with Crippen molar-refractivity contribution in [3.63, 3.8) is 0 Å². The Morgan fingerprint density at radius 3 is 2.78 bits per heavy atom. The van der Waals surface area contributed by atoms with E-state index in [1.165, 1.54) is 0 Å². The molecule has 1 aromatic heterocycles. The van der Waals surface area contributed by atoms with Crippen LogP contribution < -0.4 is 9.64 Å². The Bertz CT molecular complexity index is 1310. The fourth-order valence-electron chi connectivity index (χ4n) is 4.54. The molecule has 5 rings (SSSR count). The van der Waals surface area contributed by atoms with Crippen LogP contribution in [0.3, 0.4) is 0 Å². The van der Waals surface area contributed by atoms with E-state index in [0.29, 0.717) is 24.7 Å². The summed E-state index contributed by atoms with van der Waals surface area (Å²) in [5.41, 5.74) is 3.12. The molecule has 1 unspecified atom stereocenters. The molecule has 2 N–H and O–H groups in total. The Morgan fingerprint density at radius 1 is 1.19 bits per heavy atom. The number of anilines is 1. The highest BCUT2D eigenvalue weighted by Gasteiger charge is 2.35. The number of halogens is 1. The number of hydrogen-bond acceptors (Lipinski definition) is 3. The molecule has 1 aliphatic heterocycles. The molecule has 0 saturated carbocycles. The van der Waals surface area contributed by atoms with Gasteiger partial charge in [-0.1, -0.05) is 37.6 Å². The molecule has 1 aliphatic rings. The number of nitrogens with one attached hydrogen (secondary N) is 1. The van der Waals surface area contributed by atoms with Gasteiger partial charge < -0.3 is 19.7 Å². The number of rotatable bonds is 6. The molecule has 0 aliphatic carbocycles. The molecule has 1 amide bonds. The minimum absolute atomic E-state index is 0.00376. The first kappa shape index (κ1) is 20.7. The summed E-state index contributed by atoms with van der Waals surface area (Å²) in [4.78, 5) is 18.5. The van der Waals surface area contributed by atoms with Crippen LogP contribution >= 0.6 is 11.6 Å². The van der Waals surface area contributed by atoms with Crippen molar-refractivity contribution in [2.45, 2.75) is 25.7 Å². The maximum atomic E-state index is 13.5. The average molecular weight is 449 g/mol. The Balaban J connectivity index is 1.51. The Hall–Kier alpha value is -3.18. The van der Waals surface area contributed by atoms with Crippen LogP contribution in [0.25, 0.3) is 21.7 Å². The van der Waals surface area contributed by atoms with Crippen molar-refractivity contribution in [3.8, 4) is 11.5 Å². The van der Waals surface area contributed by atoms with Crippen molar-refractivity contribution in [3.05, 3.63) is 65.9 Å². The maximum absolute atomic E-state index is 13.5. The number of alkyl halides is 1. The van der Waals surface area contributed by atoms with Gasteiger partial charge in [0.2, 0.25) is 0 Å². The van der Waals surface area contributed by atoms with Gasteiger partial charge in [-0.3, -0.25) is 4.79 Å². The number of benzene rings is 3. The molecule has 4 aromatic rings. The largest absolute Gasteiger partial charge is 0.507 e. The highest BCUT2D eigenvalue weighted by Crippen LogP contribution is 2.45. The number of aromatic nitrogens is 1. The van der Waals surface area contributed by atoms with Crippen LogP contribution in [0.4, 0.5) is 5.69 Å². The standard InChI is InChI=1S/C26H25ClN2O3/c1-2-3-10-32-18-8-9-21-16(11-18)12-22(28-21)26(31)29-15-17(14-27)25-20-7-5-4-6-19(20)24(30)13-23(25)29/h4-9,11-13,17,28,30H,2-3,10,14-15H2,1H3. The third kappa shape index (κ3) is 3.47. The van der Waals surface area contributed by atoms with Gasteiger partial charge in [-0.25, -0.2) is 0 Å². The zero-order valence-corrected chi connectivity index (χ0v) is 18.7. The van der Waals surface area contributed by atoms with Gasteiger partial charge in [-0.15, -0.1) is 11.6 Å². The minimum atomic E-state index is -0.141. The van der Waals surface area contributed by atoms with Crippen molar-refractivity contribution in [1.82, 2.24) is 4.98 Å². The number of carbonyl (C=O) groups is 1. The number of ether oxygens (including phenoxy) is 1. The Labute approximate surface area is 191 Å². The van der Waals surface area contributed by atoms with Crippen molar-refractivity contribution < 1.29 is 14.6 Å². The average Bonchev–Trinajstić information content (AvgIpc) is 3.40. The van der Waals surface area contributed by atoms with Gasteiger partial charge in [0.1, 0.15) is 17.2 Å². The van der Waals surface area contributed by atoms with Crippen LogP contribution in [-0.4, -0.2) is 35.0 Å². The lowest BCUT2D eigenvalue weighted by atomic mass is 9.95. The summed E-state index contributed by atoms with van der Waals surface area (Å²) in [7, 11) is 0. The van der Waals surface area contributed by atoms with Gasteiger partial charge >= 0.3 is 0 Å². The van der Waals surface area contributed by atoms with Crippen LogP contribution in [-0.2, 0) is 0 Å². The lowest BCUT2D eigenvalue weighted by Gasteiger charge is -2.17. The molecule has 164 valence electrons. The molecule has 0 spiro atoms. The molecule has 3 aromatic carbocycles. The minimum Gasteiger partial charge on any atom is -0.507 e. The molecule has 5 nitrogen and oxygen atoms in total. The first-order chi connectivity index (χ1) is 15.6. The summed E-state index contributed by atoms with van der Waals surface area (Å²) in [6, 6.07) is 17.1. The van der Waals surface area contributed by atoms with Gasteiger partial charge in [-0.05, 0) is 41.6 Å². The van der Waals surface area contributed by atoms with Gasteiger partial charge in [0.15, 0.2) is 0 Å². The zero-order chi connectivity index (χ0) is 22.2. The third-order valence-electron chi connectivity index (χ3n) is 6.17. The molecular formula is C26H25ClN2O3. The zero-order valence-electron chi connectivity index (χ0n) is 17.9. The predicted octanol–water partition coefficient (Wildman–Crippen LogP) is 6.19. The quantitative estimate of drug-likeness (QED) is 0.273. The number of aromatic hydroxyl groups is 1. The number of phenols is 1. The third-order valence-corrected chi connectivity index (χ3v) is 6.54. The molecule has 0 radical (unpaired) electrons. The van der Waals surface area contributed by atoms with Crippen LogP contribution in [0, 0.1) is 0 Å². The lowest BCUT2D eigenvalue weighted by molar-refractivity contribution is 0.0984. The number of carbonyl (C=O) groups excluding carboxylic acids is 1. The molecule has 0 saturated heterocycles. The molecular weight excluding hydrogens is 424 g/mol. The van der Waals surface area contributed by atoms with Crippen molar-refractivity contribution in [2.24, 2.45) is 0 Å². The maximum Gasteiger partial charge on any atom is 0.274 e. The summed E-state index contributed by atoms with van der Waals surface area (Å²) < 4.78 is 5.80. The van der Waals surface area contributed by atoms with Gasteiger partial charge in [0.05, 0.1) is 12.3 Å². The summed E-state index contributed by atoms with van der Waals surface area (Å²) in [6.07, 6.45) is 2.09. The van der Waals surface area contributed by atoms with Crippen LogP contribution in [0.2, 0.25) is 0 Å². The van der Waals surface area contributed by atoms with E-state index >= 15 is 0 Å². The van der Waals surface area contributed by atoms with E-state index in [2.05, 4.69) is 11.9 Å². The monoisotopic (exact) mass is 448 g/mol.